The van der Waals surface area contributed by atoms with Crippen LogP contribution in [0.4, 0.5) is 0 Å². The van der Waals surface area contributed by atoms with E-state index in [1.54, 1.807) is 0 Å². The molecular weight excluding hydrogens is 332 g/mol. The second-order valence-electron chi connectivity index (χ2n) is 3.25. The molecule has 12 N–H and O–H groups in total. The third-order valence-electron chi connectivity index (χ3n) is 0.796. The van der Waals surface area contributed by atoms with Gasteiger partial charge in [-0.3, -0.25) is 40.0 Å². The number of hydroxylamine groups is 4. The fourth-order valence-corrected chi connectivity index (χ4v) is 0. The maximum absolute atomic E-state index is 9.45. The summed E-state index contributed by atoms with van der Waals surface area (Å²) in [5, 5.41) is 30.2. The van der Waals surface area contributed by atoms with Crippen LogP contribution < -0.4 is 33.4 Å². The van der Waals surface area contributed by atoms with E-state index in [-0.39, 0.29) is 0 Å². The molecule has 0 aromatic carbocycles. The van der Waals surface area contributed by atoms with E-state index in [1.807, 2.05) is 0 Å². The van der Waals surface area contributed by atoms with Crippen LogP contribution in [0.5, 0.6) is 0 Å². The third kappa shape index (κ3) is 155. The molecule has 14 heteroatoms. The first-order valence-electron chi connectivity index (χ1n) is 6.03. The number of carbonyl (C=O) groups excluding carboxylic acids is 4. The van der Waals surface area contributed by atoms with Crippen LogP contribution in [0.2, 0.25) is 0 Å². The van der Waals surface area contributed by atoms with Gasteiger partial charge in [-0.2, -0.15) is 0 Å². The Balaban J connectivity index is -0.0000000628. The zero-order chi connectivity index (χ0) is 20.6. The van der Waals surface area contributed by atoms with Gasteiger partial charge in [0.05, 0.1) is 0 Å². The number of rotatable bonds is 1. The molecule has 0 rings (SSSR count). The first-order chi connectivity index (χ1) is 11.0. The second kappa shape index (κ2) is 32.5. The van der Waals surface area contributed by atoms with Crippen LogP contribution in [-0.2, 0) is 19.2 Å². The van der Waals surface area contributed by atoms with E-state index in [0.29, 0.717) is 13.1 Å². The Labute approximate surface area is 139 Å². The average Bonchev–Trinajstić information content (AvgIpc) is 2.56. The smallest absolute Gasteiger partial charge is 0.240 e. The molecule has 0 bridgehead atoms. The van der Waals surface area contributed by atoms with Gasteiger partial charge in [-0.1, -0.05) is 0 Å². The molecule has 0 saturated carbocycles. The van der Waals surface area contributed by atoms with Crippen molar-refractivity contribution in [1.29, 1.82) is 0 Å². The molecule has 0 heterocycles. The lowest BCUT2D eigenvalue weighted by Gasteiger charge is -1.78. The van der Waals surface area contributed by atoms with Crippen molar-refractivity contribution >= 4 is 23.6 Å². The van der Waals surface area contributed by atoms with Gasteiger partial charge in [0.1, 0.15) is 0 Å². The summed E-state index contributed by atoms with van der Waals surface area (Å²) in [6.45, 7) is 6.08. The number of hydrogen-bond donors (Lipinski definition) is 10. The molecule has 0 unspecified atom stereocenters. The van der Waals surface area contributed by atoms with Crippen molar-refractivity contribution in [2.45, 2.75) is 27.7 Å². The molecule has 4 amide bonds. The minimum atomic E-state index is -0.440. The normalized spacial score (nSPS) is 6.92. The van der Waals surface area contributed by atoms with E-state index in [9.17, 15) is 19.2 Å². The first-order valence-corrected chi connectivity index (χ1v) is 6.03. The van der Waals surface area contributed by atoms with Crippen LogP contribution in [0.25, 0.3) is 0 Å². The van der Waals surface area contributed by atoms with Crippen LogP contribution in [0.1, 0.15) is 27.7 Å². The van der Waals surface area contributed by atoms with Gasteiger partial charge in [-0.15, -0.1) is 0 Å². The van der Waals surface area contributed by atoms with E-state index in [4.69, 9.17) is 32.3 Å². The number of hydrogen-bond acceptors (Lipinski definition) is 10. The quantitative estimate of drug-likeness (QED) is 0.167. The Morgan fingerprint density at radius 1 is 0.583 bits per heavy atom. The van der Waals surface area contributed by atoms with Crippen molar-refractivity contribution in [2.75, 3.05) is 13.1 Å². The lowest BCUT2D eigenvalue weighted by Crippen LogP contribution is -2.12. The van der Waals surface area contributed by atoms with Gasteiger partial charge in [0.2, 0.25) is 23.6 Å². The lowest BCUT2D eigenvalue weighted by molar-refractivity contribution is -0.127. The third-order valence-corrected chi connectivity index (χ3v) is 0.796. The standard InChI is InChI=1S/C2H8N2.4C2H5NO2/c3-1-2-4;4*1-2(4)3-5/h1-4H2;4*5H,1H3,(H,3,4). The second-order valence-corrected chi connectivity index (χ2v) is 3.25. The SMILES string of the molecule is CC(=O)NO.CC(=O)NO.CC(=O)NO.CC(=O)NO.NCCN. The first kappa shape index (κ1) is 33.3. The van der Waals surface area contributed by atoms with Gasteiger partial charge in [-0.25, -0.2) is 21.9 Å². The van der Waals surface area contributed by atoms with Gasteiger partial charge in [0.15, 0.2) is 0 Å². The Morgan fingerprint density at radius 3 is 0.667 bits per heavy atom. The summed E-state index contributed by atoms with van der Waals surface area (Å²) in [6.07, 6.45) is 0. The van der Waals surface area contributed by atoms with Gasteiger partial charge in [-0.05, 0) is 0 Å². The molecule has 0 fully saturated rings. The highest BCUT2D eigenvalue weighted by Crippen LogP contribution is 1.46. The minimum absolute atomic E-state index is 0.440. The van der Waals surface area contributed by atoms with Crippen molar-refractivity contribution < 1.29 is 40.0 Å². The predicted octanol–water partition coefficient (Wildman–Crippen LogP) is -3.05. The summed E-state index contributed by atoms with van der Waals surface area (Å²) in [4.78, 5) is 37.8. The van der Waals surface area contributed by atoms with E-state index < -0.39 is 23.6 Å². The summed E-state index contributed by atoms with van der Waals surface area (Å²) in [5.74, 6) is -1.76. The molecule has 0 spiro atoms. The van der Waals surface area contributed by atoms with Gasteiger partial charge in [0.25, 0.3) is 0 Å². The molecule has 14 nitrogen and oxygen atoms in total. The molecular formula is C10H28N6O8. The number of nitrogens with two attached hydrogens (primary N) is 2. The number of amides is 4. The molecule has 0 atom stereocenters. The summed E-state index contributed by atoms with van der Waals surface area (Å²) >= 11 is 0. The van der Waals surface area contributed by atoms with Gasteiger partial charge in [0, 0.05) is 40.8 Å². The summed E-state index contributed by atoms with van der Waals surface area (Å²) in [5.41, 5.74) is 15.4. The minimum Gasteiger partial charge on any atom is -0.329 e. The van der Waals surface area contributed by atoms with E-state index in [2.05, 4.69) is 0 Å². The van der Waals surface area contributed by atoms with Crippen molar-refractivity contribution in [1.82, 2.24) is 21.9 Å². The summed E-state index contributed by atoms with van der Waals surface area (Å²) < 4.78 is 0. The monoisotopic (exact) mass is 360 g/mol. The van der Waals surface area contributed by atoms with Crippen LogP contribution in [0, 0.1) is 0 Å². The molecule has 24 heavy (non-hydrogen) atoms. The highest BCUT2D eigenvalue weighted by atomic mass is 16.5. The lowest BCUT2D eigenvalue weighted by atomic mass is 10.7. The molecule has 0 aliphatic heterocycles. The highest BCUT2D eigenvalue weighted by Gasteiger charge is 1.76. The fourth-order valence-electron chi connectivity index (χ4n) is 0. The van der Waals surface area contributed by atoms with Crippen LogP contribution in [-0.4, -0.2) is 57.5 Å². The predicted molar refractivity (Wildman–Crippen MR) is 80.5 cm³/mol. The largest absolute Gasteiger partial charge is 0.329 e. The van der Waals surface area contributed by atoms with Crippen molar-refractivity contribution in [3.63, 3.8) is 0 Å². The van der Waals surface area contributed by atoms with E-state index in [1.165, 1.54) is 49.6 Å². The van der Waals surface area contributed by atoms with Crippen molar-refractivity contribution in [3.8, 4) is 0 Å². The van der Waals surface area contributed by atoms with Crippen LogP contribution in [0.15, 0.2) is 0 Å². The van der Waals surface area contributed by atoms with Gasteiger partial charge < -0.3 is 11.5 Å². The van der Waals surface area contributed by atoms with Crippen molar-refractivity contribution in [3.05, 3.63) is 0 Å². The average molecular weight is 360 g/mol. The van der Waals surface area contributed by atoms with Gasteiger partial charge >= 0.3 is 0 Å². The Kier molecular flexibility index (Phi) is 45.2. The maximum atomic E-state index is 9.45. The molecule has 0 saturated heterocycles. The van der Waals surface area contributed by atoms with E-state index in [0.717, 1.165) is 0 Å². The molecule has 0 radical (unpaired) electrons. The van der Waals surface area contributed by atoms with Crippen LogP contribution >= 0.6 is 0 Å². The molecule has 0 aliphatic rings. The molecule has 146 valence electrons. The molecule has 0 aromatic rings. The number of nitrogens with one attached hydrogen (secondary N) is 4. The summed E-state index contributed by atoms with van der Waals surface area (Å²) in [6, 6.07) is 0. The topological polar surface area (TPSA) is 249 Å². The zero-order valence-electron chi connectivity index (χ0n) is 14.0. The molecule has 0 aromatic heterocycles. The maximum Gasteiger partial charge on any atom is 0.240 e. The zero-order valence-corrected chi connectivity index (χ0v) is 14.0. The summed E-state index contributed by atoms with van der Waals surface area (Å²) in [7, 11) is 0. The Morgan fingerprint density at radius 2 is 0.667 bits per heavy atom. The fraction of sp³-hybridized carbons (Fsp3) is 0.600. The molecule has 0 aliphatic carbocycles. The van der Waals surface area contributed by atoms with Crippen molar-refractivity contribution in [2.24, 2.45) is 11.5 Å². The van der Waals surface area contributed by atoms with Crippen LogP contribution in [0.3, 0.4) is 0 Å². The number of carbonyl (C=O) groups is 4. The van der Waals surface area contributed by atoms with E-state index >= 15 is 0 Å². The highest BCUT2D eigenvalue weighted by molar-refractivity contribution is 5.72. The Bertz CT molecular complexity index is 258. The Hall–Kier alpha value is -2.36.